The summed E-state index contributed by atoms with van der Waals surface area (Å²) >= 11 is 0. The molecule has 0 spiro atoms. The average Bonchev–Trinajstić information content (AvgIpc) is 2.77. The van der Waals surface area contributed by atoms with E-state index < -0.39 is 29.8 Å². The Kier molecular flexibility index (Phi) is 10.1. The van der Waals surface area contributed by atoms with E-state index >= 15 is 0 Å². The maximum absolute atomic E-state index is 13.0. The SMILES string of the molecule is C[C@@H]1NC(=O)C[C@@H](C(=O)NCCCCN(C)C)NC(=O)c2ccccc2OCCN(C)C1=O. The molecule has 1 aliphatic heterocycles. The second-order valence-corrected chi connectivity index (χ2v) is 8.43. The Labute approximate surface area is 195 Å². The van der Waals surface area contributed by atoms with Gasteiger partial charge in [0.2, 0.25) is 17.7 Å². The van der Waals surface area contributed by atoms with Gasteiger partial charge >= 0.3 is 0 Å². The molecule has 0 saturated heterocycles. The molecular weight excluding hydrogens is 426 g/mol. The first-order chi connectivity index (χ1) is 15.7. The van der Waals surface area contributed by atoms with Crippen molar-refractivity contribution in [3.8, 4) is 5.75 Å². The lowest BCUT2D eigenvalue weighted by Crippen LogP contribution is -2.52. The Morgan fingerprint density at radius 1 is 1.18 bits per heavy atom. The quantitative estimate of drug-likeness (QED) is 0.513. The minimum absolute atomic E-state index is 0.171. The van der Waals surface area contributed by atoms with Crippen LogP contribution in [0.4, 0.5) is 0 Å². The van der Waals surface area contributed by atoms with E-state index in [0.29, 0.717) is 12.3 Å². The highest BCUT2D eigenvalue weighted by molar-refractivity contribution is 6.01. The van der Waals surface area contributed by atoms with Crippen molar-refractivity contribution in [2.24, 2.45) is 0 Å². The van der Waals surface area contributed by atoms with Crippen LogP contribution in [0.2, 0.25) is 0 Å². The van der Waals surface area contributed by atoms with Crippen LogP contribution in [0.15, 0.2) is 24.3 Å². The summed E-state index contributed by atoms with van der Waals surface area (Å²) in [5.41, 5.74) is 0.251. The van der Waals surface area contributed by atoms with E-state index in [9.17, 15) is 19.2 Å². The molecule has 0 fully saturated rings. The fraction of sp³-hybridized carbons (Fsp3) is 0.565. The molecular formula is C23H35N5O5. The van der Waals surface area contributed by atoms with E-state index in [0.717, 1.165) is 19.4 Å². The second-order valence-electron chi connectivity index (χ2n) is 8.43. The van der Waals surface area contributed by atoms with E-state index in [2.05, 4.69) is 20.9 Å². The fourth-order valence-electron chi connectivity index (χ4n) is 3.39. The van der Waals surface area contributed by atoms with Gasteiger partial charge in [-0.1, -0.05) is 12.1 Å². The highest BCUT2D eigenvalue weighted by atomic mass is 16.5. The number of amides is 4. The van der Waals surface area contributed by atoms with E-state index in [-0.39, 0.29) is 31.0 Å². The van der Waals surface area contributed by atoms with E-state index in [1.165, 1.54) is 4.90 Å². The Balaban J connectivity index is 2.18. The largest absolute Gasteiger partial charge is 0.491 e. The number of carbonyl (C=O) groups excluding carboxylic acids is 4. The van der Waals surface area contributed by atoms with Crippen LogP contribution in [0.3, 0.4) is 0 Å². The molecule has 3 N–H and O–H groups in total. The number of rotatable bonds is 6. The molecule has 1 aromatic carbocycles. The monoisotopic (exact) mass is 461 g/mol. The van der Waals surface area contributed by atoms with Crippen molar-refractivity contribution in [2.45, 2.75) is 38.3 Å². The van der Waals surface area contributed by atoms with Gasteiger partial charge in [0, 0.05) is 13.6 Å². The molecule has 0 aromatic heterocycles. The van der Waals surface area contributed by atoms with Crippen LogP contribution in [0, 0.1) is 0 Å². The van der Waals surface area contributed by atoms with Gasteiger partial charge in [-0.05, 0) is 52.5 Å². The normalized spacial score (nSPS) is 20.3. The van der Waals surface area contributed by atoms with Crippen molar-refractivity contribution in [1.29, 1.82) is 0 Å². The first-order valence-electron chi connectivity index (χ1n) is 11.2. The highest BCUT2D eigenvalue weighted by Gasteiger charge is 2.28. The van der Waals surface area contributed by atoms with Gasteiger partial charge in [0.15, 0.2) is 0 Å². The van der Waals surface area contributed by atoms with Gasteiger partial charge in [-0.2, -0.15) is 0 Å². The molecule has 0 aliphatic carbocycles. The standard InChI is InChI=1S/C23H35N5O5/c1-16-23(32)28(4)13-14-33-19-10-6-5-9-17(19)21(30)26-18(15-20(29)25-16)22(31)24-11-7-8-12-27(2)3/h5-6,9-10,16,18H,7-8,11-15H2,1-4H3,(H,24,31)(H,25,29)(H,26,30)/t16-,18-/m0/s1. The summed E-state index contributed by atoms with van der Waals surface area (Å²) in [6.45, 7) is 3.37. The zero-order valence-corrected chi connectivity index (χ0v) is 19.8. The second kappa shape index (κ2) is 12.8. The molecule has 0 saturated carbocycles. The molecule has 1 heterocycles. The summed E-state index contributed by atoms with van der Waals surface area (Å²) in [4.78, 5) is 54.4. The summed E-state index contributed by atoms with van der Waals surface area (Å²) in [5.74, 6) is -1.40. The number of fused-ring (bicyclic) bond motifs is 1. The molecule has 10 nitrogen and oxygen atoms in total. The number of likely N-dealkylation sites (N-methyl/N-ethyl adjacent to an activating group) is 1. The van der Waals surface area contributed by atoms with Crippen molar-refractivity contribution in [3.05, 3.63) is 29.8 Å². The van der Waals surface area contributed by atoms with Crippen molar-refractivity contribution in [1.82, 2.24) is 25.8 Å². The molecule has 10 heteroatoms. The minimum Gasteiger partial charge on any atom is -0.491 e. The summed E-state index contributed by atoms with van der Waals surface area (Å²) in [7, 11) is 5.57. The number of unbranched alkanes of at least 4 members (excludes halogenated alkanes) is 1. The number of nitrogens with one attached hydrogen (secondary N) is 3. The Morgan fingerprint density at radius 3 is 2.64 bits per heavy atom. The fourth-order valence-corrected chi connectivity index (χ4v) is 3.39. The summed E-state index contributed by atoms with van der Waals surface area (Å²) in [6.07, 6.45) is 1.38. The van der Waals surface area contributed by atoms with Gasteiger partial charge in [0.1, 0.15) is 24.4 Å². The van der Waals surface area contributed by atoms with Crippen molar-refractivity contribution >= 4 is 23.6 Å². The Morgan fingerprint density at radius 2 is 1.91 bits per heavy atom. The summed E-state index contributed by atoms with van der Waals surface area (Å²) in [6, 6.07) is 4.79. The highest BCUT2D eigenvalue weighted by Crippen LogP contribution is 2.18. The smallest absolute Gasteiger partial charge is 0.255 e. The molecule has 1 aromatic rings. The van der Waals surface area contributed by atoms with Crippen molar-refractivity contribution in [3.63, 3.8) is 0 Å². The predicted octanol–water partition coefficient (Wildman–Crippen LogP) is -0.0114. The third kappa shape index (κ3) is 8.38. The number of hydrogen-bond donors (Lipinski definition) is 3. The van der Waals surface area contributed by atoms with Crippen LogP contribution >= 0.6 is 0 Å². The van der Waals surface area contributed by atoms with Crippen LogP contribution in [-0.4, -0.2) is 92.9 Å². The van der Waals surface area contributed by atoms with Gasteiger partial charge in [0.05, 0.1) is 18.5 Å². The zero-order chi connectivity index (χ0) is 24.4. The lowest BCUT2D eigenvalue weighted by atomic mass is 10.1. The predicted molar refractivity (Wildman–Crippen MR) is 124 cm³/mol. The third-order valence-corrected chi connectivity index (χ3v) is 5.28. The van der Waals surface area contributed by atoms with E-state index in [1.807, 2.05) is 14.1 Å². The summed E-state index contributed by atoms with van der Waals surface area (Å²) in [5, 5.41) is 8.06. The lowest BCUT2D eigenvalue weighted by Gasteiger charge is -2.25. The minimum atomic E-state index is -1.10. The average molecular weight is 462 g/mol. The number of ether oxygens (including phenoxy) is 1. The summed E-state index contributed by atoms with van der Waals surface area (Å²) < 4.78 is 5.74. The third-order valence-electron chi connectivity index (χ3n) is 5.28. The molecule has 2 atom stereocenters. The van der Waals surface area contributed by atoms with E-state index in [1.54, 1.807) is 38.2 Å². The van der Waals surface area contributed by atoms with Gasteiger partial charge in [-0.25, -0.2) is 0 Å². The zero-order valence-electron chi connectivity index (χ0n) is 19.8. The Hall–Kier alpha value is -3.14. The lowest BCUT2D eigenvalue weighted by molar-refractivity contribution is -0.135. The van der Waals surface area contributed by atoms with Gasteiger partial charge in [-0.15, -0.1) is 0 Å². The molecule has 0 bridgehead atoms. The number of hydrogen-bond acceptors (Lipinski definition) is 6. The van der Waals surface area contributed by atoms with Gasteiger partial charge in [-0.3, -0.25) is 19.2 Å². The molecule has 33 heavy (non-hydrogen) atoms. The van der Waals surface area contributed by atoms with Crippen LogP contribution < -0.4 is 20.7 Å². The molecule has 182 valence electrons. The van der Waals surface area contributed by atoms with Crippen molar-refractivity contribution in [2.75, 3.05) is 47.4 Å². The Bertz CT molecular complexity index is 844. The van der Waals surface area contributed by atoms with Crippen molar-refractivity contribution < 1.29 is 23.9 Å². The first kappa shape index (κ1) is 26.1. The number of carbonyl (C=O) groups is 4. The molecule has 0 radical (unpaired) electrons. The maximum Gasteiger partial charge on any atom is 0.255 e. The maximum atomic E-state index is 13.0. The molecule has 2 rings (SSSR count). The van der Waals surface area contributed by atoms with Gasteiger partial charge < -0.3 is 30.5 Å². The first-order valence-corrected chi connectivity index (χ1v) is 11.2. The van der Waals surface area contributed by atoms with Crippen LogP contribution in [0.5, 0.6) is 5.75 Å². The molecule has 0 unspecified atom stereocenters. The van der Waals surface area contributed by atoms with E-state index in [4.69, 9.17) is 4.74 Å². The van der Waals surface area contributed by atoms with Crippen LogP contribution in [0.1, 0.15) is 36.5 Å². The number of benzene rings is 1. The van der Waals surface area contributed by atoms with Gasteiger partial charge in [0.25, 0.3) is 5.91 Å². The van der Waals surface area contributed by atoms with Crippen LogP contribution in [-0.2, 0) is 14.4 Å². The number of para-hydroxylation sites is 1. The topological polar surface area (TPSA) is 120 Å². The molecule has 4 amide bonds. The molecule has 1 aliphatic rings. The number of nitrogens with zero attached hydrogens (tertiary/aromatic N) is 2. The van der Waals surface area contributed by atoms with Crippen LogP contribution in [0.25, 0.3) is 0 Å².